The Morgan fingerprint density at radius 2 is 1.88 bits per heavy atom. The van der Waals surface area contributed by atoms with Gasteiger partial charge in [-0.1, -0.05) is 32.9 Å². The third kappa shape index (κ3) is 5.52. The van der Waals surface area contributed by atoms with Gasteiger partial charge in [-0.15, -0.1) is 11.3 Å². The number of nitrogens with zero attached hydrogens (tertiary/aromatic N) is 2. The molecule has 3 rings (SSSR count). The monoisotopic (exact) mass is 456 g/mol. The number of amides is 2. The Morgan fingerprint density at radius 1 is 1.19 bits per heavy atom. The number of carbonyl (C=O) groups excluding carboxylic acids is 2. The number of benzene rings is 1. The third-order valence-electron chi connectivity index (χ3n) is 6.08. The molecule has 0 N–H and O–H groups in total. The largest absolute Gasteiger partial charge is 0.491 e. The van der Waals surface area contributed by atoms with Crippen LogP contribution in [0.5, 0.6) is 5.75 Å². The van der Waals surface area contributed by atoms with Crippen LogP contribution in [0.3, 0.4) is 0 Å². The molecule has 0 saturated carbocycles. The molecule has 0 fully saturated rings. The lowest BCUT2D eigenvalue weighted by atomic mass is 9.99. The fraction of sp³-hybridized carbons (Fsp3) is 0.538. The van der Waals surface area contributed by atoms with E-state index in [-0.39, 0.29) is 24.4 Å². The number of ether oxygens (including phenoxy) is 1. The SMILES string of the molecule is CCC(=O)N(CC(=O)N1CCc2sccc2[C@H]1COc1ccc(C(C)C)cc1)C(C)(C)C. The van der Waals surface area contributed by atoms with Crippen molar-refractivity contribution in [2.45, 2.75) is 71.9 Å². The maximum Gasteiger partial charge on any atom is 0.242 e. The normalized spacial score (nSPS) is 16.1. The molecule has 0 radical (unpaired) electrons. The zero-order valence-corrected chi connectivity index (χ0v) is 21.0. The van der Waals surface area contributed by atoms with E-state index in [1.807, 2.05) is 44.7 Å². The summed E-state index contributed by atoms with van der Waals surface area (Å²) in [6.07, 6.45) is 1.23. The minimum atomic E-state index is -0.407. The minimum Gasteiger partial charge on any atom is -0.491 e. The smallest absolute Gasteiger partial charge is 0.242 e. The van der Waals surface area contributed by atoms with E-state index in [0.29, 0.717) is 25.5 Å². The second-order valence-corrected chi connectivity index (χ2v) is 10.7. The van der Waals surface area contributed by atoms with Crippen molar-refractivity contribution in [2.75, 3.05) is 19.7 Å². The van der Waals surface area contributed by atoms with Crippen LogP contribution in [-0.2, 0) is 16.0 Å². The predicted octanol–water partition coefficient (Wildman–Crippen LogP) is 5.41. The fourth-order valence-corrected chi connectivity index (χ4v) is 5.04. The number of carbonyl (C=O) groups is 2. The van der Waals surface area contributed by atoms with E-state index < -0.39 is 5.54 Å². The van der Waals surface area contributed by atoms with Crippen molar-refractivity contribution in [3.05, 3.63) is 51.7 Å². The highest BCUT2D eigenvalue weighted by atomic mass is 32.1. The van der Waals surface area contributed by atoms with Crippen LogP contribution in [0.15, 0.2) is 35.7 Å². The molecule has 0 unspecified atom stereocenters. The van der Waals surface area contributed by atoms with Gasteiger partial charge >= 0.3 is 0 Å². The molecule has 5 nitrogen and oxygen atoms in total. The van der Waals surface area contributed by atoms with Gasteiger partial charge < -0.3 is 14.5 Å². The Bertz CT molecular complexity index is 927. The first-order valence-corrected chi connectivity index (χ1v) is 12.4. The van der Waals surface area contributed by atoms with Gasteiger partial charge in [0.1, 0.15) is 18.9 Å². The first kappa shape index (κ1) is 24.3. The quantitative estimate of drug-likeness (QED) is 0.559. The van der Waals surface area contributed by atoms with Gasteiger partial charge in [-0.05, 0) is 67.8 Å². The molecule has 0 bridgehead atoms. The van der Waals surface area contributed by atoms with Crippen molar-refractivity contribution in [1.29, 1.82) is 0 Å². The highest BCUT2D eigenvalue weighted by molar-refractivity contribution is 7.10. The number of thiophene rings is 1. The van der Waals surface area contributed by atoms with Crippen molar-refractivity contribution in [3.63, 3.8) is 0 Å². The average molecular weight is 457 g/mol. The zero-order chi connectivity index (χ0) is 23.5. The van der Waals surface area contributed by atoms with Crippen LogP contribution in [0.1, 0.15) is 75.9 Å². The summed E-state index contributed by atoms with van der Waals surface area (Å²) in [6.45, 7) is 13.2. The van der Waals surface area contributed by atoms with Crippen LogP contribution in [-0.4, -0.2) is 46.8 Å². The van der Waals surface area contributed by atoms with E-state index in [0.717, 1.165) is 17.7 Å². The van der Waals surface area contributed by atoms with Crippen LogP contribution in [0.25, 0.3) is 0 Å². The second kappa shape index (κ2) is 10.1. The fourth-order valence-electron chi connectivity index (χ4n) is 4.12. The Labute approximate surface area is 196 Å². The maximum absolute atomic E-state index is 13.4. The number of hydrogen-bond acceptors (Lipinski definition) is 4. The van der Waals surface area contributed by atoms with Gasteiger partial charge in [0, 0.05) is 23.4 Å². The number of fused-ring (bicyclic) bond motifs is 1. The maximum atomic E-state index is 13.4. The molecule has 1 aromatic carbocycles. The Kier molecular flexibility index (Phi) is 7.65. The molecule has 0 saturated heterocycles. The molecule has 6 heteroatoms. The summed E-state index contributed by atoms with van der Waals surface area (Å²) in [5, 5.41) is 2.09. The molecule has 0 spiro atoms. The van der Waals surface area contributed by atoms with E-state index in [9.17, 15) is 9.59 Å². The molecule has 1 aromatic heterocycles. The van der Waals surface area contributed by atoms with Gasteiger partial charge in [0.2, 0.25) is 11.8 Å². The summed E-state index contributed by atoms with van der Waals surface area (Å²) in [7, 11) is 0. The van der Waals surface area contributed by atoms with Crippen molar-refractivity contribution < 1.29 is 14.3 Å². The summed E-state index contributed by atoms with van der Waals surface area (Å²) in [4.78, 5) is 30.9. The number of hydrogen-bond donors (Lipinski definition) is 0. The van der Waals surface area contributed by atoms with Gasteiger partial charge in [0.05, 0.1) is 6.04 Å². The van der Waals surface area contributed by atoms with Gasteiger partial charge in [0.15, 0.2) is 0 Å². The summed E-state index contributed by atoms with van der Waals surface area (Å²) in [5.74, 6) is 1.25. The van der Waals surface area contributed by atoms with Crippen LogP contribution in [0.2, 0.25) is 0 Å². The van der Waals surface area contributed by atoms with Crippen LogP contribution < -0.4 is 4.74 Å². The molecule has 1 aliphatic rings. The van der Waals surface area contributed by atoms with Gasteiger partial charge in [0.25, 0.3) is 0 Å². The summed E-state index contributed by atoms with van der Waals surface area (Å²) >= 11 is 1.74. The van der Waals surface area contributed by atoms with Crippen LogP contribution >= 0.6 is 11.3 Å². The lowest BCUT2D eigenvalue weighted by Gasteiger charge is -2.40. The topological polar surface area (TPSA) is 49.9 Å². The van der Waals surface area contributed by atoms with Gasteiger partial charge in [-0.3, -0.25) is 9.59 Å². The van der Waals surface area contributed by atoms with E-state index in [2.05, 4.69) is 37.4 Å². The van der Waals surface area contributed by atoms with E-state index >= 15 is 0 Å². The molecule has 1 aliphatic heterocycles. The van der Waals surface area contributed by atoms with Crippen molar-refractivity contribution in [3.8, 4) is 5.75 Å². The van der Waals surface area contributed by atoms with E-state index in [1.165, 1.54) is 10.4 Å². The molecule has 174 valence electrons. The molecule has 2 aromatic rings. The lowest BCUT2D eigenvalue weighted by Crippen LogP contribution is -2.53. The average Bonchev–Trinajstić information content (AvgIpc) is 3.23. The molecule has 1 atom stereocenters. The van der Waals surface area contributed by atoms with Crippen molar-refractivity contribution in [1.82, 2.24) is 9.80 Å². The van der Waals surface area contributed by atoms with Crippen molar-refractivity contribution >= 4 is 23.2 Å². The Morgan fingerprint density at radius 3 is 2.47 bits per heavy atom. The van der Waals surface area contributed by atoms with Crippen LogP contribution in [0, 0.1) is 0 Å². The molecule has 2 amide bonds. The standard InChI is InChI=1S/C26H36N2O3S/c1-7-24(29)28(26(4,5)6)16-25(30)27-14-12-23-21(13-15-32-23)22(27)17-31-20-10-8-19(9-11-20)18(2)3/h8-11,13,15,18,22H,7,12,14,16-17H2,1-6H3/t22-/m1/s1. The first-order chi connectivity index (χ1) is 15.1. The zero-order valence-electron chi connectivity index (χ0n) is 20.2. The Hall–Kier alpha value is -2.34. The summed E-state index contributed by atoms with van der Waals surface area (Å²) in [5.41, 5.74) is 2.03. The molecule has 2 heterocycles. The van der Waals surface area contributed by atoms with Gasteiger partial charge in [-0.25, -0.2) is 0 Å². The van der Waals surface area contributed by atoms with E-state index in [1.54, 1.807) is 16.2 Å². The summed E-state index contributed by atoms with van der Waals surface area (Å²) in [6, 6.07) is 10.1. The van der Waals surface area contributed by atoms with Crippen LogP contribution in [0.4, 0.5) is 0 Å². The first-order valence-electron chi connectivity index (χ1n) is 11.5. The molecular weight excluding hydrogens is 420 g/mol. The Balaban J connectivity index is 1.78. The van der Waals surface area contributed by atoms with E-state index in [4.69, 9.17) is 4.74 Å². The highest BCUT2D eigenvalue weighted by Gasteiger charge is 2.35. The predicted molar refractivity (Wildman–Crippen MR) is 130 cm³/mol. The minimum absolute atomic E-state index is 0.00266. The second-order valence-electron chi connectivity index (χ2n) is 9.69. The third-order valence-corrected chi connectivity index (χ3v) is 7.07. The summed E-state index contributed by atoms with van der Waals surface area (Å²) < 4.78 is 6.16. The van der Waals surface area contributed by atoms with Gasteiger partial charge in [-0.2, -0.15) is 0 Å². The highest BCUT2D eigenvalue weighted by Crippen LogP contribution is 2.34. The lowest BCUT2D eigenvalue weighted by molar-refractivity contribution is -0.146. The molecule has 32 heavy (non-hydrogen) atoms. The molecule has 0 aliphatic carbocycles. The molecular formula is C26H36N2O3S. The van der Waals surface area contributed by atoms with Crippen molar-refractivity contribution in [2.24, 2.45) is 0 Å². The number of rotatable bonds is 7.